The first-order valence-electron chi connectivity index (χ1n) is 6.47. The first-order chi connectivity index (χ1) is 9.15. The Labute approximate surface area is 113 Å². The second-order valence-electron chi connectivity index (χ2n) is 4.48. The van der Waals surface area contributed by atoms with Crippen LogP contribution in [0.3, 0.4) is 0 Å². The molecule has 0 spiro atoms. The lowest BCUT2D eigenvalue weighted by molar-refractivity contribution is -0.153. The SMILES string of the molecule is CC(=O)C(CCCCO)C(=O)OCc1ccccc1. The van der Waals surface area contributed by atoms with Crippen molar-refractivity contribution in [1.29, 1.82) is 0 Å². The first kappa shape index (κ1) is 15.4. The number of ether oxygens (including phenoxy) is 1. The number of carbonyl (C=O) groups excluding carboxylic acids is 2. The van der Waals surface area contributed by atoms with Gasteiger partial charge in [-0.2, -0.15) is 0 Å². The largest absolute Gasteiger partial charge is 0.460 e. The van der Waals surface area contributed by atoms with Crippen LogP contribution in [0.2, 0.25) is 0 Å². The number of aliphatic hydroxyl groups excluding tert-OH is 1. The van der Waals surface area contributed by atoms with Crippen molar-refractivity contribution < 1.29 is 19.4 Å². The molecule has 0 fully saturated rings. The van der Waals surface area contributed by atoms with E-state index < -0.39 is 11.9 Å². The van der Waals surface area contributed by atoms with E-state index in [2.05, 4.69) is 0 Å². The molecule has 4 heteroatoms. The van der Waals surface area contributed by atoms with Gasteiger partial charge in [-0.05, 0) is 31.7 Å². The Hall–Kier alpha value is -1.68. The summed E-state index contributed by atoms with van der Waals surface area (Å²) in [6.45, 7) is 1.65. The number of unbranched alkanes of at least 4 members (excludes halogenated alkanes) is 1. The third kappa shape index (κ3) is 5.66. The lowest BCUT2D eigenvalue weighted by atomic mass is 9.98. The Balaban J connectivity index is 2.46. The van der Waals surface area contributed by atoms with Gasteiger partial charge in [-0.25, -0.2) is 0 Å². The number of rotatable bonds is 8. The molecule has 0 aliphatic carbocycles. The molecule has 4 nitrogen and oxygen atoms in total. The molecule has 0 aliphatic heterocycles. The minimum absolute atomic E-state index is 0.0731. The van der Waals surface area contributed by atoms with E-state index in [1.54, 1.807) is 0 Å². The number of carbonyl (C=O) groups is 2. The average Bonchev–Trinajstić information content (AvgIpc) is 2.42. The molecule has 19 heavy (non-hydrogen) atoms. The zero-order chi connectivity index (χ0) is 14.1. The van der Waals surface area contributed by atoms with Gasteiger partial charge in [0, 0.05) is 6.61 Å². The standard InChI is InChI=1S/C15H20O4/c1-12(17)14(9-5-6-10-16)15(18)19-11-13-7-3-2-4-8-13/h2-4,7-8,14,16H,5-6,9-11H2,1H3. The molecule has 104 valence electrons. The number of ketones is 1. The predicted octanol–water partition coefficient (Wildman–Crippen LogP) is 2.10. The maximum Gasteiger partial charge on any atom is 0.316 e. The van der Waals surface area contributed by atoms with Gasteiger partial charge in [-0.3, -0.25) is 9.59 Å². The number of benzene rings is 1. The molecule has 1 rings (SSSR count). The summed E-state index contributed by atoms with van der Waals surface area (Å²) in [5, 5.41) is 8.71. The van der Waals surface area contributed by atoms with Crippen LogP contribution in [0.25, 0.3) is 0 Å². The van der Waals surface area contributed by atoms with E-state index in [1.807, 2.05) is 30.3 Å². The Morgan fingerprint density at radius 1 is 1.21 bits per heavy atom. The molecule has 0 aromatic heterocycles. The van der Waals surface area contributed by atoms with Gasteiger partial charge in [0.1, 0.15) is 18.3 Å². The number of esters is 1. The van der Waals surface area contributed by atoms with Crippen LogP contribution in [-0.4, -0.2) is 23.5 Å². The van der Waals surface area contributed by atoms with Crippen molar-refractivity contribution in [3.63, 3.8) is 0 Å². The molecular weight excluding hydrogens is 244 g/mol. The molecule has 0 aliphatic rings. The van der Waals surface area contributed by atoms with Gasteiger partial charge in [0.05, 0.1) is 0 Å². The third-order valence-corrected chi connectivity index (χ3v) is 2.90. The summed E-state index contributed by atoms with van der Waals surface area (Å²) in [4.78, 5) is 23.3. The number of Topliss-reactive ketones (excluding diaryl/α,β-unsaturated/α-hetero) is 1. The summed E-state index contributed by atoms with van der Waals surface area (Å²) in [5.74, 6) is -1.37. The number of hydrogen-bond acceptors (Lipinski definition) is 4. The quantitative estimate of drug-likeness (QED) is 0.443. The van der Waals surface area contributed by atoms with Crippen molar-refractivity contribution in [3.8, 4) is 0 Å². The van der Waals surface area contributed by atoms with Crippen LogP contribution in [0.15, 0.2) is 30.3 Å². The first-order valence-corrected chi connectivity index (χ1v) is 6.47. The molecule has 1 N–H and O–H groups in total. The highest BCUT2D eigenvalue weighted by atomic mass is 16.5. The van der Waals surface area contributed by atoms with E-state index in [0.29, 0.717) is 19.3 Å². The van der Waals surface area contributed by atoms with E-state index in [-0.39, 0.29) is 19.0 Å². The third-order valence-electron chi connectivity index (χ3n) is 2.90. The van der Waals surface area contributed by atoms with Crippen LogP contribution >= 0.6 is 0 Å². The highest BCUT2D eigenvalue weighted by Crippen LogP contribution is 2.13. The Kier molecular flexibility index (Phi) is 6.82. The van der Waals surface area contributed by atoms with Crippen LogP contribution in [0, 0.1) is 5.92 Å². The molecule has 0 amide bonds. The van der Waals surface area contributed by atoms with Crippen LogP contribution < -0.4 is 0 Å². The smallest absolute Gasteiger partial charge is 0.316 e. The van der Waals surface area contributed by atoms with Crippen molar-refractivity contribution >= 4 is 11.8 Å². The predicted molar refractivity (Wildman–Crippen MR) is 71.3 cm³/mol. The second kappa shape index (κ2) is 8.43. The van der Waals surface area contributed by atoms with Gasteiger partial charge in [0.2, 0.25) is 0 Å². The minimum atomic E-state index is -0.713. The van der Waals surface area contributed by atoms with Crippen LogP contribution in [0.4, 0.5) is 0 Å². The van der Waals surface area contributed by atoms with Crippen molar-refractivity contribution in [3.05, 3.63) is 35.9 Å². The molecule has 0 saturated carbocycles. The zero-order valence-corrected chi connectivity index (χ0v) is 11.2. The highest BCUT2D eigenvalue weighted by Gasteiger charge is 2.24. The summed E-state index contributed by atoms with van der Waals surface area (Å²) in [6, 6.07) is 9.35. The molecule has 1 unspecified atom stereocenters. The maximum absolute atomic E-state index is 11.8. The van der Waals surface area contributed by atoms with Gasteiger partial charge in [0.15, 0.2) is 0 Å². The fraction of sp³-hybridized carbons (Fsp3) is 0.467. The maximum atomic E-state index is 11.8. The van der Waals surface area contributed by atoms with Crippen molar-refractivity contribution in [2.75, 3.05) is 6.61 Å². The van der Waals surface area contributed by atoms with Gasteiger partial charge in [0.25, 0.3) is 0 Å². The minimum Gasteiger partial charge on any atom is -0.460 e. The van der Waals surface area contributed by atoms with E-state index in [1.165, 1.54) is 6.92 Å². The summed E-state index contributed by atoms with van der Waals surface area (Å²) in [5.41, 5.74) is 0.897. The van der Waals surface area contributed by atoms with Gasteiger partial charge >= 0.3 is 5.97 Å². The molecule has 1 aromatic carbocycles. The van der Waals surface area contributed by atoms with E-state index in [0.717, 1.165) is 5.56 Å². The molecular formula is C15H20O4. The summed E-state index contributed by atoms with van der Waals surface area (Å²) in [7, 11) is 0. The van der Waals surface area contributed by atoms with Crippen molar-refractivity contribution in [1.82, 2.24) is 0 Å². The van der Waals surface area contributed by atoms with Crippen LogP contribution in [-0.2, 0) is 20.9 Å². The van der Waals surface area contributed by atoms with Crippen LogP contribution in [0.5, 0.6) is 0 Å². The summed E-state index contributed by atoms with van der Waals surface area (Å²) < 4.78 is 5.16. The fourth-order valence-electron chi connectivity index (χ4n) is 1.78. The van der Waals surface area contributed by atoms with Gasteiger partial charge < -0.3 is 9.84 Å². The summed E-state index contributed by atoms with van der Waals surface area (Å²) >= 11 is 0. The molecule has 0 bridgehead atoms. The molecule has 0 heterocycles. The topological polar surface area (TPSA) is 63.6 Å². The van der Waals surface area contributed by atoms with E-state index in [9.17, 15) is 9.59 Å². The normalized spacial score (nSPS) is 11.9. The monoisotopic (exact) mass is 264 g/mol. The fourth-order valence-corrected chi connectivity index (χ4v) is 1.78. The Bertz CT molecular complexity index is 400. The zero-order valence-electron chi connectivity index (χ0n) is 11.2. The number of aliphatic hydroxyl groups is 1. The summed E-state index contributed by atoms with van der Waals surface area (Å²) in [6.07, 6.45) is 1.67. The highest BCUT2D eigenvalue weighted by molar-refractivity contribution is 5.97. The molecule has 1 atom stereocenters. The van der Waals surface area contributed by atoms with Crippen molar-refractivity contribution in [2.45, 2.75) is 32.8 Å². The Morgan fingerprint density at radius 3 is 2.47 bits per heavy atom. The molecule has 1 aromatic rings. The lowest BCUT2D eigenvalue weighted by Crippen LogP contribution is -2.24. The second-order valence-corrected chi connectivity index (χ2v) is 4.48. The van der Waals surface area contributed by atoms with Gasteiger partial charge in [-0.1, -0.05) is 30.3 Å². The van der Waals surface area contributed by atoms with E-state index >= 15 is 0 Å². The van der Waals surface area contributed by atoms with Crippen molar-refractivity contribution in [2.24, 2.45) is 5.92 Å². The average molecular weight is 264 g/mol. The Morgan fingerprint density at radius 2 is 1.89 bits per heavy atom. The lowest BCUT2D eigenvalue weighted by Gasteiger charge is -2.13. The number of hydrogen-bond donors (Lipinski definition) is 1. The molecule has 0 radical (unpaired) electrons. The van der Waals surface area contributed by atoms with Gasteiger partial charge in [-0.15, -0.1) is 0 Å². The van der Waals surface area contributed by atoms with Crippen LogP contribution in [0.1, 0.15) is 31.7 Å². The molecule has 0 saturated heterocycles. The van der Waals surface area contributed by atoms with E-state index in [4.69, 9.17) is 9.84 Å².